The Morgan fingerprint density at radius 3 is 2.47 bits per heavy atom. The number of methoxy groups -OCH3 is 1. The van der Waals surface area contributed by atoms with E-state index >= 15 is 0 Å². The maximum Gasteiger partial charge on any atom is 0.172 e. The van der Waals surface area contributed by atoms with Gasteiger partial charge in [0.2, 0.25) is 0 Å². The number of ether oxygens (including phenoxy) is 1. The quantitative estimate of drug-likeness (QED) is 0.833. The third kappa shape index (κ3) is 5.38. The average Bonchev–Trinajstić information content (AvgIpc) is 2.33. The highest BCUT2D eigenvalue weighted by Gasteiger charge is 2.10. The highest BCUT2D eigenvalue weighted by molar-refractivity contribution is 9.10. The second-order valence-electron chi connectivity index (χ2n) is 5.02. The van der Waals surface area contributed by atoms with Gasteiger partial charge in [-0.3, -0.25) is 0 Å². The van der Waals surface area contributed by atoms with E-state index in [-0.39, 0.29) is 5.75 Å². The second kappa shape index (κ2) is 7.72. The molecule has 1 rings (SSSR count). The summed E-state index contributed by atoms with van der Waals surface area (Å²) in [6.45, 7) is 2.97. The normalized spacial score (nSPS) is 11.3. The van der Waals surface area contributed by atoms with Gasteiger partial charge in [-0.15, -0.1) is 0 Å². The van der Waals surface area contributed by atoms with Gasteiger partial charge in [0.15, 0.2) is 11.5 Å². The lowest BCUT2D eigenvalue weighted by Crippen LogP contribution is -2.23. The van der Waals surface area contributed by atoms with Crippen LogP contribution in [0.1, 0.15) is 12.0 Å². The van der Waals surface area contributed by atoms with Crippen LogP contribution >= 0.6 is 15.9 Å². The maximum absolute atomic E-state index is 9.77. The standard InChI is InChI=1S/C14H23BrN2O2/c1-16(2)6-5-7-17(3)10-11-8-12(15)14(18)13(9-11)19-4/h8-9,18H,5-7,10H2,1-4H3. The van der Waals surface area contributed by atoms with Crippen LogP contribution in [0.5, 0.6) is 11.5 Å². The highest BCUT2D eigenvalue weighted by Crippen LogP contribution is 2.35. The van der Waals surface area contributed by atoms with Crippen molar-refractivity contribution in [2.24, 2.45) is 0 Å². The zero-order chi connectivity index (χ0) is 14.4. The number of phenolic OH excluding ortho intramolecular Hbond substituents is 1. The summed E-state index contributed by atoms with van der Waals surface area (Å²) in [7, 11) is 7.83. The van der Waals surface area contributed by atoms with Crippen molar-refractivity contribution in [2.45, 2.75) is 13.0 Å². The molecule has 0 amide bonds. The third-order valence-corrected chi connectivity index (χ3v) is 3.51. The van der Waals surface area contributed by atoms with Crippen molar-refractivity contribution in [3.8, 4) is 11.5 Å². The molecular weight excluding hydrogens is 308 g/mol. The van der Waals surface area contributed by atoms with E-state index in [0.29, 0.717) is 10.2 Å². The lowest BCUT2D eigenvalue weighted by molar-refractivity contribution is 0.293. The maximum atomic E-state index is 9.77. The van der Waals surface area contributed by atoms with Crippen LogP contribution < -0.4 is 4.74 Å². The summed E-state index contributed by atoms with van der Waals surface area (Å²) in [5, 5.41) is 9.77. The summed E-state index contributed by atoms with van der Waals surface area (Å²) in [5.41, 5.74) is 1.12. The first-order valence-electron chi connectivity index (χ1n) is 6.32. The van der Waals surface area contributed by atoms with Crippen LogP contribution in [0.15, 0.2) is 16.6 Å². The smallest absolute Gasteiger partial charge is 0.172 e. The van der Waals surface area contributed by atoms with Gasteiger partial charge in [-0.2, -0.15) is 0 Å². The van der Waals surface area contributed by atoms with Crippen LogP contribution in [0.2, 0.25) is 0 Å². The van der Waals surface area contributed by atoms with Gasteiger partial charge in [0.25, 0.3) is 0 Å². The molecule has 0 saturated carbocycles. The number of aromatic hydroxyl groups is 1. The van der Waals surface area contributed by atoms with Gasteiger partial charge in [0, 0.05) is 6.54 Å². The summed E-state index contributed by atoms with van der Waals surface area (Å²) in [5.74, 6) is 0.660. The van der Waals surface area contributed by atoms with E-state index in [9.17, 15) is 5.11 Å². The zero-order valence-electron chi connectivity index (χ0n) is 12.1. The summed E-state index contributed by atoms with van der Waals surface area (Å²) < 4.78 is 5.83. The van der Waals surface area contributed by atoms with E-state index in [0.717, 1.165) is 31.6 Å². The molecule has 1 aromatic carbocycles. The van der Waals surface area contributed by atoms with Crippen LogP contribution in [-0.4, -0.2) is 56.2 Å². The van der Waals surface area contributed by atoms with Crippen molar-refractivity contribution in [3.05, 3.63) is 22.2 Å². The van der Waals surface area contributed by atoms with E-state index in [1.165, 1.54) is 0 Å². The van der Waals surface area contributed by atoms with Crippen molar-refractivity contribution in [1.29, 1.82) is 0 Å². The van der Waals surface area contributed by atoms with Crippen molar-refractivity contribution < 1.29 is 9.84 Å². The number of benzene rings is 1. The summed E-state index contributed by atoms with van der Waals surface area (Å²) >= 11 is 3.34. The Morgan fingerprint density at radius 2 is 1.89 bits per heavy atom. The number of hydrogen-bond donors (Lipinski definition) is 1. The molecule has 1 aromatic rings. The predicted molar refractivity (Wildman–Crippen MR) is 81.9 cm³/mol. The molecule has 5 heteroatoms. The molecule has 108 valence electrons. The first kappa shape index (κ1) is 16.3. The molecule has 0 aliphatic carbocycles. The molecule has 0 fully saturated rings. The van der Waals surface area contributed by atoms with E-state index in [4.69, 9.17) is 4.74 Å². The van der Waals surface area contributed by atoms with Crippen LogP contribution in [0, 0.1) is 0 Å². The zero-order valence-corrected chi connectivity index (χ0v) is 13.7. The van der Waals surface area contributed by atoms with Gasteiger partial charge in [0.05, 0.1) is 11.6 Å². The Bertz CT molecular complexity index is 411. The largest absolute Gasteiger partial charge is 0.503 e. The second-order valence-corrected chi connectivity index (χ2v) is 5.88. The van der Waals surface area contributed by atoms with E-state index in [1.807, 2.05) is 12.1 Å². The minimum atomic E-state index is 0.154. The van der Waals surface area contributed by atoms with Gasteiger partial charge in [-0.1, -0.05) is 0 Å². The fraction of sp³-hybridized carbons (Fsp3) is 0.571. The van der Waals surface area contributed by atoms with Gasteiger partial charge in [-0.05, 0) is 74.3 Å². The monoisotopic (exact) mass is 330 g/mol. The lowest BCUT2D eigenvalue weighted by Gasteiger charge is -2.19. The third-order valence-electron chi connectivity index (χ3n) is 2.91. The minimum Gasteiger partial charge on any atom is -0.503 e. The number of phenols is 1. The highest BCUT2D eigenvalue weighted by atomic mass is 79.9. The van der Waals surface area contributed by atoms with Crippen molar-refractivity contribution >= 4 is 15.9 Å². The Kier molecular flexibility index (Phi) is 6.62. The Hall–Kier alpha value is -0.780. The van der Waals surface area contributed by atoms with Crippen LogP contribution in [0.4, 0.5) is 0 Å². The molecule has 0 bridgehead atoms. The summed E-state index contributed by atoms with van der Waals surface area (Å²) in [6, 6.07) is 3.81. The van der Waals surface area contributed by atoms with Crippen LogP contribution in [-0.2, 0) is 6.54 Å². The lowest BCUT2D eigenvalue weighted by atomic mass is 10.2. The molecule has 0 aliphatic heterocycles. The Balaban J connectivity index is 2.59. The van der Waals surface area contributed by atoms with Gasteiger partial charge < -0.3 is 19.6 Å². The average molecular weight is 331 g/mol. The van der Waals surface area contributed by atoms with Crippen LogP contribution in [0.3, 0.4) is 0 Å². The molecule has 0 unspecified atom stereocenters. The fourth-order valence-corrected chi connectivity index (χ4v) is 2.41. The van der Waals surface area contributed by atoms with Crippen molar-refractivity contribution in [3.63, 3.8) is 0 Å². The number of nitrogens with zero attached hydrogens (tertiary/aromatic N) is 2. The number of hydrogen-bond acceptors (Lipinski definition) is 4. The molecule has 0 spiro atoms. The van der Waals surface area contributed by atoms with E-state index in [1.54, 1.807) is 7.11 Å². The number of halogens is 1. The summed E-state index contributed by atoms with van der Waals surface area (Å²) in [4.78, 5) is 4.45. The first-order chi connectivity index (χ1) is 8.93. The molecule has 0 radical (unpaired) electrons. The molecular formula is C14H23BrN2O2. The molecule has 0 aliphatic rings. The Morgan fingerprint density at radius 1 is 1.21 bits per heavy atom. The topological polar surface area (TPSA) is 35.9 Å². The molecule has 0 heterocycles. The fourth-order valence-electron chi connectivity index (χ4n) is 1.92. The summed E-state index contributed by atoms with van der Waals surface area (Å²) in [6.07, 6.45) is 1.14. The van der Waals surface area contributed by atoms with Gasteiger partial charge >= 0.3 is 0 Å². The molecule has 0 aromatic heterocycles. The Labute approximate surface area is 124 Å². The molecule has 4 nitrogen and oxygen atoms in total. The molecule has 0 atom stereocenters. The van der Waals surface area contributed by atoms with Gasteiger partial charge in [-0.25, -0.2) is 0 Å². The first-order valence-corrected chi connectivity index (χ1v) is 7.12. The van der Waals surface area contributed by atoms with Crippen LogP contribution in [0.25, 0.3) is 0 Å². The molecule has 0 saturated heterocycles. The van der Waals surface area contributed by atoms with E-state index < -0.39 is 0 Å². The SMILES string of the molecule is COc1cc(CN(C)CCCN(C)C)cc(Br)c1O. The minimum absolute atomic E-state index is 0.154. The molecule has 19 heavy (non-hydrogen) atoms. The predicted octanol–water partition coefficient (Wildman–Crippen LogP) is 2.55. The van der Waals surface area contributed by atoms with Gasteiger partial charge in [0.1, 0.15) is 0 Å². The van der Waals surface area contributed by atoms with E-state index in [2.05, 4.69) is 46.9 Å². The number of rotatable bonds is 7. The molecule has 1 N–H and O–H groups in total. The van der Waals surface area contributed by atoms with Crippen molar-refractivity contribution in [2.75, 3.05) is 41.3 Å². The van der Waals surface area contributed by atoms with Crippen molar-refractivity contribution in [1.82, 2.24) is 9.80 Å².